The highest BCUT2D eigenvalue weighted by Crippen LogP contribution is 2.52. The molecule has 0 aromatic heterocycles. The van der Waals surface area contributed by atoms with E-state index in [2.05, 4.69) is 0 Å². The molecule has 4 heteroatoms. The summed E-state index contributed by atoms with van der Waals surface area (Å²) in [6, 6.07) is 9.12. The second-order valence-corrected chi connectivity index (χ2v) is 6.42. The van der Waals surface area contributed by atoms with Crippen LogP contribution in [0.3, 0.4) is 0 Å². The quantitative estimate of drug-likeness (QED) is 0.806. The van der Waals surface area contributed by atoms with E-state index < -0.39 is 13.5 Å². The highest BCUT2D eigenvalue weighted by Gasteiger charge is 2.31. The summed E-state index contributed by atoms with van der Waals surface area (Å²) in [7, 11) is -2.77. The molecule has 1 aromatic rings. The van der Waals surface area contributed by atoms with Crippen molar-refractivity contribution in [2.45, 2.75) is 13.0 Å². The van der Waals surface area contributed by atoms with Crippen molar-refractivity contribution in [3.05, 3.63) is 42.2 Å². The van der Waals surface area contributed by atoms with Crippen molar-refractivity contribution in [3.8, 4) is 5.75 Å². The van der Waals surface area contributed by atoms with E-state index in [-0.39, 0.29) is 5.92 Å². The Kier molecular flexibility index (Phi) is 3.17. The first-order valence-corrected chi connectivity index (χ1v) is 7.18. The van der Waals surface area contributed by atoms with Crippen LogP contribution in [0.1, 0.15) is 6.92 Å². The Bertz CT molecular complexity index is 427. The summed E-state index contributed by atoms with van der Waals surface area (Å²) in [5.74, 6) is 2.10. The lowest BCUT2D eigenvalue weighted by atomic mass is 10.1. The smallest absolute Gasteiger partial charge is 0.270 e. The topological polar surface area (TPSA) is 46.5 Å². The average molecular weight is 238 g/mol. The molecule has 1 heterocycles. The van der Waals surface area contributed by atoms with E-state index in [4.69, 9.17) is 4.52 Å². The SMILES string of the molecule is C[C@H]1C[P@](=O)(Oc2ccccc2)C=C[C@@H]1O. The first-order valence-electron chi connectivity index (χ1n) is 5.30. The Morgan fingerprint density at radius 2 is 2.06 bits per heavy atom. The minimum atomic E-state index is -2.77. The van der Waals surface area contributed by atoms with Gasteiger partial charge in [0, 0.05) is 12.0 Å². The van der Waals surface area contributed by atoms with E-state index in [0.29, 0.717) is 11.9 Å². The Morgan fingerprint density at radius 1 is 1.38 bits per heavy atom. The highest BCUT2D eigenvalue weighted by atomic mass is 31.2. The molecule has 0 bridgehead atoms. The Balaban J connectivity index is 2.16. The summed E-state index contributed by atoms with van der Waals surface area (Å²) in [5, 5.41) is 9.51. The summed E-state index contributed by atoms with van der Waals surface area (Å²) < 4.78 is 17.9. The van der Waals surface area contributed by atoms with Gasteiger partial charge in [-0.3, -0.25) is 4.57 Å². The van der Waals surface area contributed by atoms with Crippen LogP contribution in [-0.4, -0.2) is 17.4 Å². The molecule has 0 fully saturated rings. The maximum atomic E-state index is 12.3. The molecule has 0 unspecified atom stereocenters. The van der Waals surface area contributed by atoms with Crippen LogP contribution in [0.15, 0.2) is 42.2 Å². The molecule has 0 spiro atoms. The molecule has 16 heavy (non-hydrogen) atoms. The fraction of sp³-hybridized carbons (Fsp3) is 0.333. The van der Waals surface area contributed by atoms with Gasteiger partial charge in [0.25, 0.3) is 7.37 Å². The van der Waals surface area contributed by atoms with Crippen molar-refractivity contribution in [2.24, 2.45) is 5.92 Å². The first-order chi connectivity index (χ1) is 7.59. The van der Waals surface area contributed by atoms with E-state index in [1.807, 2.05) is 25.1 Å². The third kappa shape index (κ3) is 2.55. The zero-order valence-corrected chi connectivity index (χ0v) is 10.0. The molecule has 1 aliphatic heterocycles. The van der Waals surface area contributed by atoms with Gasteiger partial charge in [0.1, 0.15) is 5.75 Å². The Morgan fingerprint density at radius 3 is 2.69 bits per heavy atom. The fourth-order valence-corrected chi connectivity index (χ4v) is 3.90. The van der Waals surface area contributed by atoms with Crippen molar-refractivity contribution in [2.75, 3.05) is 6.16 Å². The van der Waals surface area contributed by atoms with Gasteiger partial charge in [0.15, 0.2) is 0 Å². The van der Waals surface area contributed by atoms with Crippen LogP contribution in [0.4, 0.5) is 0 Å². The molecule has 0 saturated heterocycles. The number of benzene rings is 1. The predicted octanol–water partition coefficient (Wildman–Crippen LogP) is 2.87. The summed E-state index contributed by atoms with van der Waals surface area (Å²) in [6.45, 7) is 1.87. The third-order valence-corrected chi connectivity index (χ3v) is 4.87. The van der Waals surface area contributed by atoms with Crippen LogP contribution in [0.2, 0.25) is 0 Å². The van der Waals surface area contributed by atoms with Gasteiger partial charge >= 0.3 is 0 Å². The van der Waals surface area contributed by atoms with Gasteiger partial charge in [-0.05, 0) is 24.1 Å². The van der Waals surface area contributed by atoms with Crippen LogP contribution in [0, 0.1) is 5.92 Å². The molecule has 3 atom stereocenters. The molecule has 0 aliphatic carbocycles. The van der Waals surface area contributed by atoms with E-state index in [0.717, 1.165) is 0 Å². The van der Waals surface area contributed by atoms with Crippen LogP contribution >= 0.6 is 7.37 Å². The molecule has 2 rings (SSSR count). The van der Waals surface area contributed by atoms with Gasteiger partial charge in [-0.25, -0.2) is 0 Å². The number of rotatable bonds is 2. The summed E-state index contributed by atoms with van der Waals surface area (Å²) in [5.41, 5.74) is 0. The summed E-state index contributed by atoms with van der Waals surface area (Å²) in [6.07, 6.45) is 1.44. The van der Waals surface area contributed by atoms with Gasteiger partial charge in [-0.15, -0.1) is 0 Å². The van der Waals surface area contributed by atoms with Gasteiger partial charge in [-0.2, -0.15) is 0 Å². The second-order valence-electron chi connectivity index (χ2n) is 4.12. The molecule has 1 N–H and O–H groups in total. The van der Waals surface area contributed by atoms with E-state index >= 15 is 0 Å². The summed E-state index contributed by atoms with van der Waals surface area (Å²) >= 11 is 0. The maximum Gasteiger partial charge on any atom is 0.270 e. The van der Waals surface area contributed by atoms with Crippen molar-refractivity contribution in [1.29, 1.82) is 0 Å². The van der Waals surface area contributed by atoms with Crippen LogP contribution in [0.5, 0.6) is 5.75 Å². The van der Waals surface area contributed by atoms with Crippen LogP contribution in [0.25, 0.3) is 0 Å². The van der Waals surface area contributed by atoms with Crippen LogP contribution in [-0.2, 0) is 4.57 Å². The number of aliphatic hydroxyl groups excluding tert-OH is 1. The lowest BCUT2D eigenvalue weighted by Gasteiger charge is -2.26. The van der Waals surface area contributed by atoms with Gasteiger partial charge in [-0.1, -0.05) is 25.1 Å². The fourth-order valence-electron chi connectivity index (χ4n) is 1.71. The first kappa shape index (κ1) is 11.4. The minimum absolute atomic E-state index is 0.0282. The van der Waals surface area contributed by atoms with E-state index in [1.165, 1.54) is 5.82 Å². The lowest BCUT2D eigenvalue weighted by molar-refractivity contribution is 0.170. The highest BCUT2D eigenvalue weighted by molar-refractivity contribution is 7.62. The number of hydrogen-bond donors (Lipinski definition) is 1. The lowest BCUT2D eigenvalue weighted by Crippen LogP contribution is -2.22. The zero-order valence-electron chi connectivity index (χ0n) is 9.11. The van der Waals surface area contributed by atoms with Gasteiger partial charge in [0.05, 0.1) is 6.10 Å². The average Bonchev–Trinajstić information content (AvgIpc) is 2.25. The van der Waals surface area contributed by atoms with Crippen LogP contribution < -0.4 is 4.52 Å². The normalized spacial score (nSPS) is 33.6. The van der Waals surface area contributed by atoms with Crippen molar-refractivity contribution < 1.29 is 14.2 Å². The van der Waals surface area contributed by atoms with Gasteiger partial charge < -0.3 is 9.63 Å². The predicted molar refractivity (Wildman–Crippen MR) is 63.9 cm³/mol. The second kappa shape index (κ2) is 4.44. The van der Waals surface area contributed by atoms with Gasteiger partial charge in [0.2, 0.25) is 0 Å². The number of para-hydroxylation sites is 1. The molecule has 3 nitrogen and oxygen atoms in total. The summed E-state index contributed by atoms with van der Waals surface area (Å²) in [4.78, 5) is 0. The third-order valence-electron chi connectivity index (χ3n) is 2.64. The Hall–Kier alpha value is -1.05. The van der Waals surface area contributed by atoms with Crippen molar-refractivity contribution in [1.82, 2.24) is 0 Å². The standard InChI is InChI=1S/C12H15O3P/c1-10-9-16(14,8-7-12(10)13)15-11-5-3-2-4-6-11/h2-8,10,12-13H,9H2,1H3/t10-,12-,16+/m0/s1. The molecule has 0 radical (unpaired) electrons. The monoisotopic (exact) mass is 238 g/mol. The maximum absolute atomic E-state index is 12.3. The van der Waals surface area contributed by atoms with Crippen molar-refractivity contribution >= 4 is 7.37 Å². The van der Waals surface area contributed by atoms with Crippen molar-refractivity contribution in [3.63, 3.8) is 0 Å². The molecule has 0 saturated carbocycles. The molecular formula is C12H15O3P. The molecule has 86 valence electrons. The molecule has 1 aliphatic rings. The van der Waals surface area contributed by atoms with E-state index in [9.17, 15) is 9.67 Å². The number of hydrogen-bond acceptors (Lipinski definition) is 3. The van der Waals surface area contributed by atoms with E-state index in [1.54, 1.807) is 18.2 Å². The number of aliphatic hydroxyl groups is 1. The Labute approximate surface area is 95.2 Å². The molecular weight excluding hydrogens is 223 g/mol. The molecule has 0 amide bonds. The minimum Gasteiger partial charge on any atom is -0.440 e. The molecule has 1 aromatic carbocycles. The zero-order chi connectivity index (χ0) is 11.6. The largest absolute Gasteiger partial charge is 0.440 e.